The molecular formula is C29H27NO4. The molecule has 1 atom stereocenters. The van der Waals surface area contributed by atoms with Crippen molar-refractivity contribution < 1.29 is 19.4 Å². The van der Waals surface area contributed by atoms with Crippen molar-refractivity contribution in [3.63, 3.8) is 0 Å². The van der Waals surface area contributed by atoms with Crippen LogP contribution < -0.4 is 5.32 Å². The molecule has 3 aromatic carbocycles. The van der Waals surface area contributed by atoms with Crippen LogP contribution in [0.5, 0.6) is 0 Å². The van der Waals surface area contributed by atoms with Gasteiger partial charge in [-0.05, 0) is 59.4 Å². The highest BCUT2D eigenvalue weighted by molar-refractivity contribution is 5.82. The van der Waals surface area contributed by atoms with E-state index in [4.69, 9.17) is 4.74 Å². The predicted octanol–water partition coefficient (Wildman–Crippen LogP) is 5.41. The zero-order valence-electron chi connectivity index (χ0n) is 19.1. The summed E-state index contributed by atoms with van der Waals surface area (Å²) in [5.74, 6) is -1.05. The largest absolute Gasteiger partial charge is 0.480 e. The van der Waals surface area contributed by atoms with Crippen molar-refractivity contribution in [2.75, 3.05) is 6.61 Å². The first kappa shape index (κ1) is 21.0. The number of fused-ring (bicyclic) bond motifs is 3. The number of rotatable bonds is 6. The van der Waals surface area contributed by atoms with Gasteiger partial charge in [0, 0.05) is 11.3 Å². The minimum Gasteiger partial charge on any atom is -0.480 e. The molecule has 3 fully saturated rings. The Labute approximate surface area is 198 Å². The summed E-state index contributed by atoms with van der Waals surface area (Å²) in [5.41, 5.74) is 6.74. The zero-order valence-corrected chi connectivity index (χ0v) is 19.1. The molecule has 5 heteroatoms. The van der Waals surface area contributed by atoms with E-state index in [1.54, 1.807) is 0 Å². The highest BCUT2D eigenvalue weighted by atomic mass is 16.5. The van der Waals surface area contributed by atoms with Gasteiger partial charge < -0.3 is 15.2 Å². The van der Waals surface area contributed by atoms with Crippen LogP contribution in [0.3, 0.4) is 0 Å². The predicted molar refractivity (Wildman–Crippen MR) is 129 cm³/mol. The highest BCUT2D eigenvalue weighted by Crippen LogP contribution is 2.75. The van der Waals surface area contributed by atoms with E-state index in [0.717, 1.165) is 41.5 Å². The molecule has 0 aliphatic heterocycles. The first-order chi connectivity index (χ1) is 16.4. The van der Waals surface area contributed by atoms with Crippen molar-refractivity contribution in [3.05, 3.63) is 95.1 Å². The number of alkyl carbamates (subject to hydrolysis) is 1. The van der Waals surface area contributed by atoms with Crippen LogP contribution in [0.1, 0.15) is 47.4 Å². The maximum atomic E-state index is 12.7. The molecule has 1 unspecified atom stereocenters. The number of carbonyl (C=O) groups is 2. The molecule has 1 amide bonds. The molecule has 7 rings (SSSR count). The lowest BCUT2D eigenvalue weighted by Gasteiger charge is -2.72. The Morgan fingerprint density at radius 3 is 2.18 bits per heavy atom. The zero-order chi connectivity index (χ0) is 23.5. The summed E-state index contributed by atoms with van der Waals surface area (Å²) in [6, 6.07) is 23.8. The number of hydrogen-bond acceptors (Lipinski definition) is 3. The number of carbonyl (C=O) groups excluding carboxylic acids is 1. The van der Waals surface area contributed by atoms with Gasteiger partial charge in [-0.25, -0.2) is 9.59 Å². The Morgan fingerprint density at radius 2 is 1.59 bits per heavy atom. The Hall–Kier alpha value is -3.60. The van der Waals surface area contributed by atoms with Gasteiger partial charge in [0.05, 0.1) is 0 Å². The van der Waals surface area contributed by atoms with Gasteiger partial charge >= 0.3 is 12.1 Å². The van der Waals surface area contributed by atoms with Gasteiger partial charge in [-0.1, -0.05) is 78.4 Å². The third kappa shape index (κ3) is 3.07. The van der Waals surface area contributed by atoms with E-state index in [1.165, 1.54) is 11.1 Å². The molecule has 0 aromatic heterocycles. The van der Waals surface area contributed by atoms with Gasteiger partial charge in [0.25, 0.3) is 0 Å². The number of benzene rings is 3. The topological polar surface area (TPSA) is 75.6 Å². The molecule has 172 valence electrons. The van der Waals surface area contributed by atoms with Crippen molar-refractivity contribution in [2.45, 2.75) is 43.6 Å². The summed E-state index contributed by atoms with van der Waals surface area (Å²) in [6.45, 7) is 2.25. The number of hydrogen-bond donors (Lipinski definition) is 2. The average Bonchev–Trinajstić information content (AvgIpc) is 3.09. The molecule has 0 heterocycles. The smallest absolute Gasteiger partial charge is 0.407 e. The van der Waals surface area contributed by atoms with Crippen molar-refractivity contribution >= 4 is 12.1 Å². The number of aliphatic carboxylic acids is 1. The molecule has 34 heavy (non-hydrogen) atoms. The second-order valence-corrected chi connectivity index (χ2v) is 10.3. The molecular weight excluding hydrogens is 426 g/mol. The van der Waals surface area contributed by atoms with Crippen LogP contribution in [-0.2, 0) is 14.9 Å². The van der Waals surface area contributed by atoms with Gasteiger partial charge in [0.15, 0.2) is 0 Å². The van der Waals surface area contributed by atoms with Crippen molar-refractivity contribution in [1.29, 1.82) is 0 Å². The van der Waals surface area contributed by atoms with E-state index in [1.807, 2.05) is 24.3 Å². The molecule has 4 aliphatic rings. The number of ether oxygens (including phenoxy) is 1. The minimum absolute atomic E-state index is 0.0547. The van der Waals surface area contributed by atoms with Crippen molar-refractivity contribution in [1.82, 2.24) is 5.32 Å². The molecule has 4 aliphatic carbocycles. The lowest BCUT2D eigenvalue weighted by Crippen LogP contribution is -2.73. The SMILES string of the molecule is Cc1cccc(C23CC(C(NC(=O)OCC4c5ccccc5-c5ccccc54)C(=O)O)(C2)C3)c1. The lowest BCUT2D eigenvalue weighted by atomic mass is 9.31. The van der Waals surface area contributed by atoms with E-state index in [2.05, 4.69) is 60.8 Å². The van der Waals surface area contributed by atoms with Gasteiger partial charge in [0.2, 0.25) is 0 Å². The summed E-state index contributed by atoms with van der Waals surface area (Å²) >= 11 is 0. The second kappa shape index (κ2) is 7.45. The Kier molecular flexibility index (Phi) is 4.60. The number of amides is 1. The van der Waals surface area contributed by atoms with Gasteiger partial charge in [-0.2, -0.15) is 0 Å². The van der Waals surface area contributed by atoms with Crippen LogP contribution in [0.15, 0.2) is 72.8 Å². The van der Waals surface area contributed by atoms with E-state index in [0.29, 0.717) is 0 Å². The molecule has 3 aromatic rings. The summed E-state index contributed by atoms with van der Waals surface area (Å²) in [6.07, 6.45) is 1.68. The fraction of sp³-hybridized carbons (Fsp3) is 0.310. The average molecular weight is 454 g/mol. The Balaban J connectivity index is 1.13. The Morgan fingerprint density at radius 1 is 0.971 bits per heavy atom. The summed E-state index contributed by atoms with van der Waals surface area (Å²) in [7, 11) is 0. The number of carboxylic acids is 1. The number of carboxylic acid groups (broad SMARTS) is 1. The van der Waals surface area contributed by atoms with Crippen LogP contribution in [0.2, 0.25) is 0 Å². The third-order valence-corrected chi connectivity index (χ3v) is 8.17. The van der Waals surface area contributed by atoms with Gasteiger partial charge in [0.1, 0.15) is 12.6 Å². The van der Waals surface area contributed by atoms with Crippen LogP contribution in [0.4, 0.5) is 4.79 Å². The van der Waals surface area contributed by atoms with Crippen LogP contribution >= 0.6 is 0 Å². The molecule has 0 spiro atoms. The van der Waals surface area contributed by atoms with E-state index in [9.17, 15) is 14.7 Å². The molecule has 0 radical (unpaired) electrons. The first-order valence-corrected chi connectivity index (χ1v) is 11.8. The van der Waals surface area contributed by atoms with Crippen LogP contribution in [-0.4, -0.2) is 29.8 Å². The van der Waals surface area contributed by atoms with Gasteiger partial charge in [-0.15, -0.1) is 0 Å². The van der Waals surface area contributed by atoms with Crippen molar-refractivity contribution in [2.24, 2.45) is 5.41 Å². The minimum atomic E-state index is -0.994. The molecule has 2 N–H and O–H groups in total. The Bertz CT molecular complexity index is 1250. The van der Waals surface area contributed by atoms with E-state index >= 15 is 0 Å². The summed E-state index contributed by atoms with van der Waals surface area (Å²) in [4.78, 5) is 24.9. The fourth-order valence-corrected chi connectivity index (χ4v) is 6.69. The number of aryl methyl sites for hydroxylation is 1. The highest BCUT2D eigenvalue weighted by Gasteiger charge is 2.72. The number of nitrogens with one attached hydrogen (secondary N) is 1. The maximum absolute atomic E-state index is 12.7. The second-order valence-electron chi connectivity index (χ2n) is 10.3. The fourth-order valence-electron chi connectivity index (χ4n) is 6.69. The third-order valence-electron chi connectivity index (χ3n) is 8.17. The van der Waals surface area contributed by atoms with Gasteiger partial charge in [-0.3, -0.25) is 0 Å². The van der Waals surface area contributed by atoms with E-state index < -0.39 is 18.1 Å². The molecule has 0 saturated heterocycles. The molecule has 3 saturated carbocycles. The maximum Gasteiger partial charge on any atom is 0.407 e. The first-order valence-electron chi connectivity index (χ1n) is 11.8. The quantitative estimate of drug-likeness (QED) is 0.523. The summed E-state index contributed by atoms with van der Waals surface area (Å²) in [5, 5.41) is 12.6. The van der Waals surface area contributed by atoms with Crippen molar-refractivity contribution in [3.8, 4) is 11.1 Å². The molecule has 5 nitrogen and oxygen atoms in total. The normalized spacial score (nSPS) is 24.7. The molecule has 2 bridgehead atoms. The van der Waals surface area contributed by atoms with Crippen LogP contribution in [0.25, 0.3) is 11.1 Å². The standard InChI is InChI=1S/C29H27NO4/c1-18-7-6-8-19(13-18)28-15-29(16-28,17-28)25(26(31)32)30-27(33)34-14-24-22-11-4-2-9-20(22)21-10-3-5-12-23(21)24/h2-13,24-25H,14-17H2,1H3,(H,30,33)(H,31,32). The van der Waals surface area contributed by atoms with Crippen LogP contribution in [0, 0.1) is 12.3 Å². The summed E-state index contributed by atoms with van der Waals surface area (Å²) < 4.78 is 5.61. The lowest BCUT2D eigenvalue weighted by molar-refractivity contribution is -0.183. The van der Waals surface area contributed by atoms with E-state index in [-0.39, 0.29) is 23.4 Å². The monoisotopic (exact) mass is 453 g/mol.